The number of nitrogens with zero attached hydrogens (tertiary/aromatic N) is 4. The van der Waals surface area contributed by atoms with Gasteiger partial charge < -0.3 is 4.57 Å². The van der Waals surface area contributed by atoms with Crippen molar-refractivity contribution >= 4 is 0 Å². The highest BCUT2D eigenvalue weighted by Gasteiger charge is 2.39. The van der Waals surface area contributed by atoms with Crippen LogP contribution in [0.25, 0.3) is 0 Å². The second kappa shape index (κ2) is 4.57. The Morgan fingerprint density at radius 1 is 1.65 bits per heavy atom. The molecule has 88 valence electrons. The van der Waals surface area contributed by atoms with E-state index in [2.05, 4.69) is 22.4 Å². The van der Waals surface area contributed by atoms with Crippen LogP contribution in [-0.2, 0) is 0 Å². The van der Waals surface area contributed by atoms with Gasteiger partial charge in [-0.15, -0.1) is 0 Å². The molecule has 1 N–H and O–H groups in total. The van der Waals surface area contributed by atoms with E-state index in [1.54, 1.807) is 6.20 Å². The fourth-order valence-electron chi connectivity index (χ4n) is 2.59. The van der Waals surface area contributed by atoms with Gasteiger partial charge in [0.15, 0.2) is 0 Å². The fraction of sp³-hybridized carbons (Fsp3) is 0.583. The van der Waals surface area contributed by atoms with Crippen LogP contribution < -0.4 is 5.32 Å². The van der Waals surface area contributed by atoms with Crippen LogP contribution in [0, 0.1) is 22.7 Å². The van der Waals surface area contributed by atoms with Gasteiger partial charge in [-0.3, -0.25) is 5.32 Å². The summed E-state index contributed by atoms with van der Waals surface area (Å²) in [5, 5.41) is 21.5. The molecule has 5 heteroatoms. The van der Waals surface area contributed by atoms with Crippen molar-refractivity contribution in [3.8, 4) is 12.1 Å². The van der Waals surface area contributed by atoms with Crippen LogP contribution >= 0.6 is 0 Å². The quantitative estimate of drug-likeness (QED) is 0.848. The highest BCUT2D eigenvalue weighted by molar-refractivity contribution is 5.17. The van der Waals surface area contributed by atoms with Gasteiger partial charge in [-0.25, -0.2) is 4.98 Å². The first kappa shape index (κ1) is 11.6. The molecule has 1 aromatic heterocycles. The largest absolute Gasteiger partial charge is 0.319 e. The van der Waals surface area contributed by atoms with Crippen LogP contribution in [0.3, 0.4) is 0 Å². The van der Waals surface area contributed by atoms with Gasteiger partial charge in [0, 0.05) is 18.4 Å². The van der Waals surface area contributed by atoms with Crippen LogP contribution in [0.2, 0.25) is 0 Å². The van der Waals surface area contributed by atoms with Gasteiger partial charge in [0.25, 0.3) is 0 Å². The summed E-state index contributed by atoms with van der Waals surface area (Å²) in [5.41, 5.74) is -0.434. The Morgan fingerprint density at radius 2 is 2.47 bits per heavy atom. The first-order valence-corrected chi connectivity index (χ1v) is 5.84. The van der Waals surface area contributed by atoms with E-state index in [1.165, 1.54) is 0 Å². The molecule has 0 bridgehead atoms. The second-order valence-electron chi connectivity index (χ2n) is 4.39. The lowest BCUT2D eigenvalue weighted by Gasteiger charge is -2.22. The Kier molecular flexibility index (Phi) is 3.12. The molecule has 1 heterocycles. The number of aromatic nitrogens is 2. The van der Waals surface area contributed by atoms with E-state index in [9.17, 15) is 5.26 Å². The van der Waals surface area contributed by atoms with Crippen LogP contribution in [-0.4, -0.2) is 21.6 Å². The summed E-state index contributed by atoms with van der Waals surface area (Å²) >= 11 is 0. The van der Waals surface area contributed by atoms with Crippen molar-refractivity contribution in [3.63, 3.8) is 0 Å². The summed E-state index contributed by atoms with van der Waals surface area (Å²) in [6.45, 7) is 2.79. The minimum atomic E-state index is -0.434. The predicted molar refractivity (Wildman–Crippen MR) is 61.9 cm³/mol. The lowest BCUT2D eigenvalue weighted by Crippen LogP contribution is -2.41. The SMILES string of the molecule is CCNC1(C#N)CCC(n2ccnc2C#N)C1. The summed E-state index contributed by atoms with van der Waals surface area (Å²) in [6.07, 6.45) is 5.93. The van der Waals surface area contributed by atoms with Gasteiger partial charge >= 0.3 is 0 Å². The average molecular weight is 229 g/mol. The highest BCUT2D eigenvalue weighted by Crippen LogP contribution is 2.37. The van der Waals surface area contributed by atoms with Crippen LogP contribution in [0.1, 0.15) is 38.1 Å². The summed E-state index contributed by atoms with van der Waals surface area (Å²) in [6, 6.07) is 4.66. The molecule has 0 aliphatic heterocycles. The van der Waals surface area contributed by atoms with Crippen LogP contribution in [0.5, 0.6) is 0 Å². The molecule has 2 unspecified atom stereocenters. The zero-order chi connectivity index (χ0) is 12.3. The zero-order valence-corrected chi connectivity index (χ0v) is 9.85. The lowest BCUT2D eigenvalue weighted by molar-refractivity contribution is 0.408. The Hall–Kier alpha value is -1.85. The number of nitrogens with one attached hydrogen (secondary N) is 1. The Balaban J connectivity index is 2.18. The fourth-order valence-corrected chi connectivity index (χ4v) is 2.59. The monoisotopic (exact) mass is 229 g/mol. The summed E-state index contributed by atoms with van der Waals surface area (Å²) < 4.78 is 1.89. The Labute approximate surface area is 101 Å². The van der Waals surface area contributed by atoms with Gasteiger partial charge in [0.2, 0.25) is 5.82 Å². The number of hydrogen-bond donors (Lipinski definition) is 1. The first-order chi connectivity index (χ1) is 8.24. The van der Waals surface area contributed by atoms with E-state index in [4.69, 9.17) is 5.26 Å². The molecule has 0 amide bonds. The smallest absolute Gasteiger partial charge is 0.212 e. The van der Waals surface area contributed by atoms with E-state index in [1.807, 2.05) is 17.7 Å². The third-order valence-electron chi connectivity index (χ3n) is 3.38. The minimum absolute atomic E-state index is 0.200. The van der Waals surface area contributed by atoms with Crippen LogP contribution in [0.15, 0.2) is 12.4 Å². The highest BCUT2D eigenvalue weighted by atomic mass is 15.1. The molecule has 1 aliphatic carbocycles. The number of nitriles is 2. The van der Waals surface area contributed by atoms with Crippen molar-refractivity contribution < 1.29 is 0 Å². The minimum Gasteiger partial charge on any atom is -0.319 e. The molecule has 1 saturated carbocycles. The summed E-state index contributed by atoms with van der Waals surface area (Å²) in [4.78, 5) is 4.00. The third kappa shape index (κ3) is 2.02. The van der Waals surface area contributed by atoms with Crippen molar-refractivity contribution in [2.24, 2.45) is 0 Å². The molecule has 0 saturated heterocycles. The third-order valence-corrected chi connectivity index (χ3v) is 3.38. The van der Waals surface area contributed by atoms with Crippen molar-refractivity contribution in [3.05, 3.63) is 18.2 Å². The molecule has 2 atom stereocenters. The van der Waals surface area contributed by atoms with Gasteiger partial charge in [-0.2, -0.15) is 10.5 Å². The number of imidazole rings is 1. The van der Waals surface area contributed by atoms with Crippen molar-refractivity contribution in [2.75, 3.05) is 6.54 Å². The maximum absolute atomic E-state index is 9.29. The molecule has 1 fully saturated rings. The molecule has 1 aliphatic rings. The summed E-state index contributed by atoms with van der Waals surface area (Å²) in [5.74, 6) is 0.431. The molecule has 17 heavy (non-hydrogen) atoms. The van der Waals surface area contributed by atoms with E-state index >= 15 is 0 Å². The average Bonchev–Trinajstić information content (AvgIpc) is 2.95. The van der Waals surface area contributed by atoms with Crippen molar-refractivity contribution in [1.82, 2.24) is 14.9 Å². The molecule has 0 radical (unpaired) electrons. The standard InChI is InChI=1S/C12H15N5/c1-2-16-12(9-14)4-3-10(7-12)17-6-5-15-11(17)8-13/h5-6,10,16H,2-4,7H2,1H3. The van der Waals surface area contributed by atoms with Crippen LogP contribution in [0.4, 0.5) is 0 Å². The molecule has 5 nitrogen and oxygen atoms in total. The Bertz CT molecular complexity index is 478. The van der Waals surface area contributed by atoms with Gasteiger partial charge in [-0.1, -0.05) is 6.92 Å². The normalized spacial score (nSPS) is 27.6. The van der Waals surface area contributed by atoms with Gasteiger partial charge in [0.05, 0.1) is 6.07 Å². The van der Waals surface area contributed by atoms with E-state index in [0.29, 0.717) is 5.82 Å². The molecular formula is C12H15N5. The predicted octanol–water partition coefficient (Wildman–Crippen LogP) is 1.35. The van der Waals surface area contributed by atoms with E-state index in [0.717, 1.165) is 25.8 Å². The molecule has 0 spiro atoms. The topological polar surface area (TPSA) is 77.4 Å². The van der Waals surface area contributed by atoms with Crippen molar-refractivity contribution in [2.45, 2.75) is 37.8 Å². The number of rotatable bonds is 3. The molecule has 0 aromatic carbocycles. The van der Waals surface area contributed by atoms with E-state index in [-0.39, 0.29) is 6.04 Å². The number of hydrogen-bond acceptors (Lipinski definition) is 4. The molecule has 1 aromatic rings. The summed E-state index contributed by atoms with van der Waals surface area (Å²) in [7, 11) is 0. The van der Waals surface area contributed by atoms with Gasteiger partial charge in [0.1, 0.15) is 11.6 Å². The van der Waals surface area contributed by atoms with E-state index < -0.39 is 5.54 Å². The first-order valence-electron chi connectivity index (χ1n) is 5.84. The lowest BCUT2D eigenvalue weighted by atomic mass is 9.99. The maximum atomic E-state index is 9.29. The second-order valence-corrected chi connectivity index (χ2v) is 4.39. The Morgan fingerprint density at radius 3 is 3.12 bits per heavy atom. The van der Waals surface area contributed by atoms with Crippen molar-refractivity contribution in [1.29, 1.82) is 10.5 Å². The molecular weight excluding hydrogens is 214 g/mol. The molecule has 2 rings (SSSR count). The zero-order valence-electron chi connectivity index (χ0n) is 9.85. The maximum Gasteiger partial charge on any atom is 0.212 e. The van der Waals surface area contributed by atoms with Gasteiger partial charge in [-0.05, 0) is 25.8 Å².